The maximum Gasteiger partial charge on any atom is -0.00155 e. The van der Waals surface area contributed by atoms with Crippen LogP contribution in [0, 0.1) is 17.3 Å². The molecular weight excluding hydrogens is 182 g/mol. The molecule has 2 unspecified atom stereocenters. The Morgan fingerprint density at radius 1 is 1.13 bits per heavy atom. The second-order valence-corrected chi connectivity index (χ2v) is 6.00. The van der Waals surface area contributed by atoms with Crippen molar-refractivity contribution in [2.75, 3.05) is 13.1 Å². The van der Waals surface area contributed by atoms with Gasteiger partial charge in [-0.15, -0.1) is 0 Å². The Morgan fingerprint density at radius 2 is 1.73 bits per heavy atom. The second-order valence-electron chi connectivity index (χ2n) is 6.00. The average Bonchev–Trinajstić information content (AvgIpc) is 2.10. The third kappa shape index (κ3) is 6.94. The van der Waals surface area contributed by atoms with Crippen LogP contribution in [-0.4, -0.2) is 13.1 Å². The maximum absolute atomic E-state index is 3.50. The van der Waals surface area contributed by atoms with Crippen molar-refractivity contribution in [1.29, 1.82) is 0 Å². The molecule has 0 saturated carbocycles. The van der Waals surface area contributed by atoms with Crippen molar-refractivity contribution >= 4 is 0 Å². The van der Waals surface area contributed by atoms with E-state index in [2.05, 4.69) is 46.9 Å². The van der Waals surface area contributed by atoms with Crippen LogP contribution in [0.5, 0.6) is 0 Å². The smallest absolute Gasteiger partial charge is 0.00155 e. The highest BCUT2D eigenvalue weighted by atomic mass is 14.8. The van der Waals surface area contributed by atoms with Gasteiger partial charge in [0.25, 0.3) is 0 Å². The van der Waals surface area contributed by atoms with Crippen LogP contribution in [0.2, 0.25) is 0 Å². The monoisotopic (exact) mass is 213 g/mol. The van der Waals surface area contributed by atoms with Crippen molar-refractivity contribution < 1.29 is 0 Å². The Labute approximate surface area is 97.0 Å². The van der Waals surface area contributed by atoms with E-state index in [1.165, 1.54) is 25.8 Å². The van der Waals surface area contributed by atoms with Gasteiger partial charge in [-0.1, -0.05) is 54.4 Å². The molecule has 0 aliphatic rings. The fraction of sp³-hybridized carbons (Fsp3) is 1.00. The predicted octanol–water partition coefficient (Wildman–Crippen LogP) is 4.08. The molecule has 0 heterocycles. The molecule has 0 aromatic carbocycles. The molecule has 0 aromatic heterocycles. The summed E-state index contributed by atoms with van der Waals surface area (Å²) in [7, 11) is 0. The van der Waals surface area contributed by atoms with Gasteiger partial charge in [0.15, 0.2) is 0 Å². The first kappa shape index (κ1) is 15.0. The van der Waals surface area contributed by atoms with Crippen LogP contribution >= 0.6 is 0 Å². The van der Waals surface area contributed by atoms with E-state index in [1.54, 1.807) is 0 Å². The van der Waals surface area contributed by atoms with Gasteiger partial charge in [-0.05, 0) is 36.8 Å². The van der Waals surface area contributed by atoms with Crippen LogP contribution in [0.15, 0.2) is 0 Å². The summed E-state index contributed by atoms with van der Waals surface area (Å²) in [6, 6.07) is 0. The minimum Gasteiger partial charge on any atom is -0.317 e. The first-order valence-corrected chi connectivity index (χ1v) is 6.62. The van der Waals surface area contributed by atoms with Gasteiger partial charge < -0.3 is 5.32 Å². The van der Waals surface area contributed by atoms with E-state index in [9.17, 15) is 0 Å². The minimum absolute atomic E-state index is 0.435. The van der Waals surface area contributed by atoms with E-state index < -0.39 is 0 Å². The molecular formula is C14H31N. The molecule has 2 atom stereocenters. The number of hydrogen-bond donors (Lipinski definition) is 1. The molecule has 92 valence electrons. The second kappa shape index (κ2) is 7.27. The molecule has 0 radical (unpaired) electrons. The largest absolute Gasteiger partial charge is 0.317 e. The third-order valence-electron chi connectivity index (χ3n) is 3.33. The molecule has 0 bridgehead atoms. The number of nitrogens with one attached hydrogen (secondary N) is 1. The molecule has 0 fully saturated rings. The lowest BCUT2D eigenvalue weighted by Gasteiger charge is -2.33. The van der Waals surface area contributed by atoms with E-state index >= 15 is 0 Å². The van der Waals surface area contributed by atoms with Crippen molar-refractivity contribution in [3.8, 4) is 0 Å². The highest BCUT2D eigenvalue weighted by Crippen LogP contribution is 2.31. The molecule has 1 heteroatoms. The molecule has 0 amide bonds. The van der Waals surface area contributed by atoms with Gasteiger partial charge >= 0.3 is 0 Å². The molecule has 0 spiro atoms. The first-order valence-electron chi connectivity index (χ1n) is 6.62. The third-order valence-corrected chi connectivity index (χ3v) is 3.33. The van der Waals surface area contributed by atoms with Gasteiger partial charge in [0.05, 0.1) is 0 Å². The van der Waals surface area contributed by atoms with E-state index in [4.69, 9.17) is 0 Å². The molecule has 0 aromatic rings. The fourth-order valence-corrected chi connectivity index (χ4v) is 2.16. The quantitative estimate of drug-likeness (QED) is 0.672. The Kier molecular flexibility index (Phi) is 7.25. The summed E-state index contributed by atoms with van der Waals surface area (Å²) < 4.78 is 0. The van der Waals surface area contributed by atoms with Crippen molar-refractivity contribution in [2.45, 2.75) is 60.8 Å². The fourth-order valence-electron chi connectivity index (χ4n) is 2.16. The standard InChI is InChI=1S/C14H31N/c1-7-9-12(3)10-13(11-15-8-2)14(4,5)6/h12-13,15H,7-11H2,1-6H3. The van der Waals surface area contributed by atoms with Crippen molar-refractivity contribution in [2.24, 2.45) is 17.3 Å². The Bertz CT molecular complexity index is 146. The molecule has 0 aliphatic carbocycles. The Hall–Kier alpha value is -0.0400. The summed E-state index contributed by atoms with van der Waals surface area (Å²) in [5, 5.41) is 3.50. The molecule has 1 nitrogen and oxygen atoms in total. The van der Waals surface area contributed by atoms with Crippen molar-refractivity contribution in [3.63, 3.8) is 0 Å². The van der Waals surface area contributed by atoms with Crippen LogP contribution in [0.1, 0.15) is 60.8 Å². The highest BCUT2D eigenvalue weighted by Gasteiger charge is 2.25. The zero-order chi connectivity index (χ0) is 11.9. The van der Waals surface area contributed by atoms with E-state index in [0.29, 0.717) is 5.41 Å². The normalized spacial score (nSPS) is 16.4. The van der Waals surface area contributed by atoms with Gasteiger partial charge in [-0.2, -0.15) is 0 Å². The van der Waals surface area contributed by atoms with Crippen LogP contribution in [-0.2, 0) is 0 Å². The van der Waals surface area contributed by atoms with E-state index in [0.717, 1.165) is 18.4 Å². The number of rotatable bonds is 7. The molecule has 0 saturated heterocycles. The summed E-state index contributed by atoms with van der Waals surface area (Å²) in [5.74, 6) is 1.68. The lowest BCUT2D eigenvalue weighted by molar-refractivity contribution is 0.191. The minimum atomic E-state index is 0.435. The number of hydrogen-bond acceptors (Lipinski definition) is 1. The lowest BCUT2D eigenvalue weighted by Crippen LogP contribution is -2.33. The van der Waals surface area contributed by atoms with Crippen LogP contribution in [0.3, 0.4) is 0 Å². The Balaban J connectivity index is 4.12. The molecule has 1 N–H and O–H groups in total. The Morgan fingerprint density at radius 3 is 2.13 bits per heavy atom. The summed E-state index contributed by atoms with van der Waals surface area (Å²) in [6.07, 6.45) is 4.06. The lowest BCUT2D eigenvalue weighted by atomic mass is 9.75. The van der Waals surface area contributed by atoms with Gasteiger partial charge in [0.1, 0.15) is 0 Å². The van der Waals surface area contributed by atoms with Gasteiger partial charge in [0, 0.05) is 0 Å². The van der Waals surface area contributed by atoms with E-state index in [-0.39, 0.29) is 0 Å². The zero-order valence-electron chi connectivity index (χ0n) is 11.7. The maximum atomic E-state index is 3.50. The van der Waals surface area contributed by atoms with Crippen LogP contribution in [0.4, 0.5) is 0 Å². The van der Waals surface area contributed by atoms with Crippen LogP contribution < -0.4 is 5.32 Å². The summed E-state index contributed by atoms with van der Waals surface area (Å²) in [6.45, 7) is 16.2. The zero-order valence-corrected chi connectivity index (χ0v) is 11.7. The van der Waals surface area contributed by atoms with Gasteiger partial charge in [-0.3, -0.25) is 0 Å². The van der Waals surface area contributed by atoms with Gasteiger partial charge in [-0.25, -0.2) is 0 Å². The SMILES string of the molecule is CCCC(C)CC(CNCC)C(C)(C)C. The van der Waals surface area contributed by atoms with Crippen LogP contribution in [0.25, 0.3) is 0 Å². The predicted molar refractivity (Wildman–Crippen MR) is 70.2 cm³/mol. The first-order chi connectivity index (χ1) is 6.91. The van der Waals surface area contributed by atoms with E-state index in [1.807, 2.05) is 0 Å². The topological polar surface area (TPSA) is 12.0 Å². The summed E-state index contributed by atoms with van der Waals surface area (Å²) in [4.78, 5) is 0. The van der Waals surface area contributed by atoms with Crippen molar-refractivity contribution in [3.05, 3.63) is 0 Å². The highest BCUT2D eigenvalue weighted by molar-refractivity contribution is 4.77. The average molecular weight is 213 g/mol. The molecule has 15 heavy (non-hydrogen) atoms. The van der Waals surface area contributed by atoms with Gasteiger partial charge in [0.2, 0.25) is 0 Å². The molecule has 0 aliphatic heterocycles. The summed E-state index contributed by atoms with van der Waals surface area (Å²) >= 11 is 0. The molecule has 0 rings (SSSR count). The summed E-state index contributed by atoms with van der Waals surface area (Å²) in [5.41, 5.74) is 0.435. The van der Waals surface area contributed by atoms with Crippen molar-refractivity contribution in [1.82, 2.24) is 5.32 Å².